The lowest BCUT2D eigenvalue weighted by molar-refractivity contribution is 0.348. The number of hydrogen-bond donors (Lipinski definition) is 1. The van der Waals surface area contributed by atoms with Crippen LogP contribution in [0, 0.1) is 5.92 Å². The van der Waals surface area contributed by atoms with E-state index in [4.69, 9.17) is 4.74 Å². The zero-order valence-electron chi connectivity index (χ0n) is 13.1. The molecule has 108 valence electrons. The Morgan fingerprint density at radius 3 is 2.26 bits per heavy atom. The van der Waals surface area contributed by atoms with Crippen LogP contribution in [-0.2, 0) is 6.42 Å². The van der Waals surface area contributed by atoms with Crippen molar-refractivity contribution >= 4 is 0 Å². The van der Waals surface area contributed by atoms with E-state index in [1.54, 1.807) is 7.11 Å². The molecule has 1 rings (SSSR count). The molecule has 0 amide bonds. The highest BCUT2D eigenvalue weighted by atomic mass is 16.5. The average molecular weight is 263 g/mol. The van der Waals surface area contributed by atoms with Crippen molar-refractivity contribution in [2.24, 2.45) is 5.92 Å². The fraction of sp³-hybridized carbons (Fsp3) is 0.647. The standard InChI is InChI=1S/C17H29NO/c1-6-13(2)15(4)18-14(3)7-8-16-9-11-17(19-5)12-10-16/h9-15,18H,6-8H2,1-5H3. The molecule has 0 radical (unpaired) electrons. The zero-order valence-corrected chi connectivity index (χ0v) is 13.1. The maximum atomic E-state index is 5.17. The lowest BCUT2D eigenvalue weighted by atomic mass is 9.99. The van der Waals surface area contributed by atoms with Crippen molar-refractivity contribution in [2.75, 3.05) is 7.11 Å². The van der Waals surface area contributed by atoms with Crippen molar-refractivity contribution < 1.29 is 4.74 Å². The Balaban J connectivity index is 2.34. The summed E-state index contributed by atoms with van der Waals surface area (Å²) in [5.74, 6) is 1.67. The number of rotatable bonds is 8. The molecule has 2 nitrogen and oxygen atoms in total. The van der Waals surface area contributed by atoms with E-state index >= 15 is 0 Å². The summed E-state index contributed by atoms with van der Waals surface area (Å²) in [7, 11) is 1.71. The van der Waals surface area contributed by atoms with Gasteiger partial charge in [0.05, 0.1) is 7.11 Å². The van der Waals surface area contributed by atoms with Crippen LogP contribution in [0.4, 0.5) is 0 Å². The van der Waals surface area contributed by atoms with Crippen molar-refractivity contribution in [3.8, 4) is 5.75 Å². The lowest BCUT2D eigenvalue weighted by Crippen LogP contribution is -2.38. The molecule has 2 heteroatoms. The van der Waals surface area contributed by atoms with E-state index < -0.39 is 0 Å². The van der Waals surface area contributed by atoms with Gasteiger partial charge in [-0.3, -0.25) is 0 Å². The van der Waals surface area contributed by atoms with Crippen LogP contribution in [0.3, 0.4) is 0 Å². The third-order valence-electron chi connectivity index (χ3n) is 4.07. The van der Waals surface area contributed by atoms with Crippen LogP contribution in [0.25, 0.3) is 0 Å². The second kappa shape index (κ2) is 8.21. The largest absolute Gasteiger partial charge is 0.497 e. The predicted molar refractivity (Wildman–Crippen MR) is 82.8 cm³/mol. The molecule has 19 heavy (non-hydrogen) atoms. The normalized spacial score (nSPS) is 15.8. The van der Waals surface area contributed by atoms with E-state index in [0.29, 0.717) is 12.1 Å². The van der Waals surface area contributed by atoms with E-state index in [0.717, 1.165) is 18.1 Å². The lowest BCUT2D eigenvalue weighted by Gasteiger charge is -2.24. The smallest absolute Gasteiger partial charge is 0.118 e. The Hall–Kier alpha value is -1.02. The van der Waals surface area contributed by atoms with Crippen LogP contribution >= 0.6 is 0 Å². The van der Waals surface area contributed by atoms with Crippen molar-refractivity contribution in [3.05, 3.63) is 29.8 Å². The number of benzene rings is 1. The predicted octanol–water partition coefficient (Wildman–Crippen LogP) is 4.04. The summed E-state index contributed by atoms with van der Waals surface area (Å²) < 4.78 is 5.17. The molecule has 0 aliphatic heterocycles. The molecule has 0 saturated carbocycles. The molecule has 0 aromatic heterocycles. The highest BCUT2D eigenvalue weighted by molar-refractivity contribution is 5.27. The van der Waals surface area contributed by atoms with Gasteiger partial charge in [-0.1, -0.05) is 32.4 Å². The maximum Gasteiger partial charge on any atom is 0.118 e. The minimum atomic E-state index is 0.561. The molecular formula is C17H29NO. The fourth-order valence-electron chi connectivity index (χ4n) is 2.23. The Labute approximate surface area is 118 Å². The highest BCUT2D eigenvalue weighted by Gasteiger charge is 2.12. The SMILES string of the molecule is CCC(C)C(C)NC(C)CCc1ccc(OC)cc1. The number of nitrogens with one attached hydrogen (secondary N) is 1. The van der Waals surface area contributed by atoms with E-state index in [1.807, 2.05) is 12.1 Å². The molecule has 3 atom stereocenters. The number of aryl methyl sites for hydroxylation is 1. The Morgan fingerprint density at radius 1 is 1.11 bits per heavy atom. The summed E-state index contributed by atoms with van der Waals surface area (Å²) in [6.45, 7) is 9.14. The van der Waals surface area contributed by atoms with E-state index in [2.05, 4.69) is 45.1 Å². The summed E-state index contributed by atoms with van der Waals surface area (Å²) in [5.41, 5.74) is 1.38. The van der Waals surface area contributed by atoms with Gasteiger partial charge in [0, 0.05) is 12.1 Å². The third-order valence-corrected chi connectivity index (χ3v) is 4.07. The average Bonchev–Trinajstić information content (AvgIpc) is 2.44. The summed E-state index contributed by atoms with van der Waals surface area (Å²) in [6.07, 6.45) is 3.53. The maximum absolute atomic E-state index is 5.17. The molecule has 0 aliphatic rings. The minimum absolute atomic E-state index is 0.561. The van der Waals surface area contributed by atoms with Crippen LogP contribution in [0.2, 0.25) is 0 Å². The highest BCUT2D eigenvalue weighted by Crippen LogP contribution is 2.14. The number of hydrogen-bond acceptors (Lipinski definition) is 2. The van der Waals surface area contributed by atoms with E-state index in [9.17, 15) is 0 Å². The summed E-state index contributed by atoms with van der Waals surface area (Å²) in [6, 6.07) is 9.54. The van der Waals surface area contributed by atoms with Gasteiger partial charge >= 0.3 is 0 Å². The Kier molecular flexibility index (Phi) is 6.93. The molecule has 3 unspecified atom stereocenters. The molecule has 0 bridgehead atoms. The summed E-state index contributed by atoms with van der Waals surface area (Å²) >= 11 is 0. The van der Waals surface area contributed by atoms with Crippen molar-refractivity contribution in [2.45, 2.75) is 59.0 Å². The second-order valence-electron chi connectivity index (χ2n) is 5.63. The van der Waals surface area contributed by atoms with Crippen LogP contribution in [-0.4, -0.2) is 19.2 Å². The molecular weight excluding hydrogens is 234 g/mol. The first-order valence-corrected chi connectivity index (χ1v) is 7.45. The van der Waals surface area contributed by atoms with Crippen molar-refractivity contribution in [3.63, 3.8) is 0 Å². The molecule has 1 aromatic carbocycles. The van der Waals surface area contributed by atoms with Crippen LogP contribution in [0.1, 0.15) is 46.1 Å². The number of methoxy groups -OCH3 is 1. The molecule has 0 heterocycles. The molecule has 0 spiro atoms. The molecule has 0 saturated heterocycles. The van der Waals surface area contributed by atoms with Gasteiger partial charge in [0.25, 0.3) is 0 Å². The first-order valence-electron chi connectivity index (χ1n) is 7.45. The Morgan fingerprint density at radius 2 is 1.74 bits per heavy atom. The van der Waals surface area contributed by atoms with E-state index in [-0.39, 0.29) is 0 Å². The first-order chi connectivity index (χ1) is 9.06. The van der Waals surface area contributed by atoms with Gasteiger partial charge in [-0.2, -0.15) is 0 Å². The molecule has 1 aromatic rings. The first kappa shape index (κ1) is 16.0. The summed E-state index contributed by atoms with van der Waals surface area (Å²) in [4.78, 5) is 0. The van der Waals surface area contributed by atoms with Gasteiger partial charge in [0.1, 0.15) is 5.75 Å². The molecule has 1 N–H and O–H groups in total. The topological polar surface area (TPSA) is 21.3 Å². The molecule has 0 aliphatic carbocycles. The Bertz CT molecular complexity index is 347. The van der Waals surface area contributed by atoms with Crippen molar-refractivity contribution in [1.82, 2.24) is 5.32 Å². The zero-order chi connectivity index (χ0) is 14.3. The van der Waals surface area contributed by atoms with Gasteiger partial charge in [-0.15, -0.1) is 0 Å². The van der Waals surface area contributed by atoms with Gasteiger partial charge in [0.15, 0.2) is 0 Å². The summed E-state index contributed by atoms with van der Waals surface area (Å²) in [5, 5.41) is 3.70. The minimum Gasteiger partial charge on any atom is -0.497 e. The van der Waals surface area contributed by atoms with Gasteiger partial charge < -0.3 is 10.1 Å². The van der Waals surface area contributed by atoms with Gasteiger partial charge in [-0.25, -0.2) is 0 Å². The number of ether oxygens (including phenoxy) is 1. The van der Waals surface area contributed by atoms with E-state index in [1.165, 1.54) is 18.4 Å². The van der Waals surface area contributed by atoms with Crippen LogP contribution in [0.5, 0.6) is 5.75 Å². The van der Waals surface area contributed by atoms with Crippen molar-refractivity contribution in [1.29, 1.82) is 0 Å². The second-order valence-corrected chi connectivity index (χ2v) is 5.63. The third kappa shape index (κ3) is 5.65. The molecule has 0 fully saturated rings. The monoisotopic (exact) mass is 263 g/mol. The van der Waals surface area contributed by atoms with Crippen LogP contribution in [0.15, 0.2) is 24.3 Å². The van der Waals surface area contributed by atoms with Crippen LogP contribution < -0.4 is 10.1 Å². The van der Waals surface area contributed by atoms with Gasteiger partial charge in [-0.05, 0) is 50.3 Å². The quantitative estimate of drug-likeness (QED) is 0.764. The van der Waals surface area contributed by atoms with Gasteiger partial charge in [0.2, 0.25) is 0 Å². The fourth-order valence-corrected chi connectivity index (χ4v) is 2.23.